The van der Waals surface area contributed by atoms with Crippen LogP contribution in [0.25, 0.3) is 0 Å². The third kappa shape index (κ3) is 5.31. The van der Waals surface area contributed by atoms with Crippen LogP contribution >= 0.6 is 0 Å². The zero-order chi connectivity index (χ0) is 23.9. The molecule has 2 N–H and O–H groups in total. The summed E-state index contributed by atoms with van der Waals surface area (Å²) < 4.78 is 10.9. The zero-order valence-corrected chi connectivity index (χ0v) is 19.5. The van der Waals surface area contributed by atoms with E-state index in [0.717, 1.165) is 31.6 Å². The zero-order valence-electron chi connectivity index (χ0n) is 19.5. The predicted molar refractivity (Wildman–Crippen MR) is 131 cm³/mol. The van der Waals surface area contributed by atoms with E-state index in [1.54, 1.807) is 30.3 Å². The van der Waals surface area contributed by atoms with Gasteiger partial charge >= 0.3 is 0 Å². The summed E-state index contributed by atoms with van der Waals surface area (Å²) in [4.78, 5) is 27.3. The van der Waals surface area contributed by atoms with Crippen LogP contribution in [0.1, 0.15) is 45.2 Å². The number of nitrogens with one attached hydrogen (secondary N) is 2. The van der Waals surface area contributed by atoms with Gasteiger partial charge in [0.05, 0.1) is 13.7 Å². The maximum Gasteiger partial charge on any atom is 0.269 e. The number of hydrazine groups is 1. The number of methoxy groups -OCH3 is 1. The summed E-state index contributed by atoms with van der Waals surface area (Å²) in [6.07, 6.45) is 1.87. The fourth-order valence-electron chi connectivity index (χ4n) is 3.94. The van der Waals surface area contributed by atoms with E-state index in [0.29, 0.717) is 29.2 Å². The van der Waals surface area contributed by atoms with Gasteiger partial charge in [-0.3, -0.25) is 20.4 Å². The number of carbonyl (C=O) groups is 2. The molecule has 0 saturated carbocycles. The van der Waals surface area contributed by atoms with Crippen LogP contribution in [-0.4, -0.2) is 32.1 Å². The first-order valence-electron chi connectivity index (χ1n) is 11.4. The van der Waals surface area contributed by atoms with Crippen molar-refractivity contribution < 1.29 is 19.1 Å². The number of benzene rings is 3. The Labute approximate surface area is 199 Å². The highest BCUT2D eigenvalue weighted by molar-refractivity contribution is 5.99. The molecule has 0 aliphatic carbocycles. The number of amides is 2. The summed E-state index contributed by atoms with van der Waals surface area (Å²) in [7, 11) is 1.52. The molecular weight excluding hydrogens is 430 g/mol. The third-order valence-corrected chi connectivity index (χ3v) is 5.80. The topological polar surface area (TPSA) is 79.9 Å². The number of hydrogen-bond donors (Lipinski definition) is 2. The molecule has 176 valence electrons. The van der Waals surface area contributed by atoms with Crippen LogP contribution in [0.15, 0.2) is 66.7 Å². The summed E-state index contributed by atoms with van der Waals surface area (Å²) in [6, 6.07) is 20.8. The Bertz CT molecular complexity index is 1160. The molecule has 0 fully saturated rings. The van der Waals surface area contributed by atoms with Gasteiger partial charge in [-0.2, -0.15) is 0 Å². The first-order chi connectivity index (χ1) is 16.6. The molecule has 1 aliphatic heterocycles. The van der Waals surface area contributed by atoms with Gasteiger partial charge in [0, 0.05) is 29.9 Å². The number of hydrogen-bond acceptors (Lipinski definition) is 5. The smallest absolute Gasteiger partial charge is 0.269 e. The van der Waals surface area contributed by atoms with Crippen molar-refractivity contribution in [3.8, 4) is 11.5 Å². The standard InChI is InChI=1S/C27H29N3O4/c1-3-16-34-24-13-10-21(17-25(24)33-2)27(32)29-28-26(31)20-8-11-23(12-9-20)30-15-14-19-6-4-5-7-22(19)18-30/h4-13,17H,3,14-16,18H2,1-2H3,(H,28,31)(H,29,32). The number of carbonyl (C=O) groups excluding carboxylic acids is 2. The molecule has 0 spiro atoms. The first kappa shape index (κ1) is 23.2. The maximum absolute atomic E-state index is 12.5. The Morgan fingerprint density at radius 1 is 0.882 bits per heavy atom. The molecule has 1 aliphatic rings. The molecule has 1 heterocycles. The highest BCUT2D eigenvalue weighted by Gasteiger charge is 2.17. The van der Waals surface area contributed by atoms with Crippen molar-refractivity contribution in [3.05, 3.63) is 89.0 Å². The van der Waals surface area contributed by atoms with Crippen molar-refractivity contribution in [3.63, 3.8) is 0 Å². The van der Waals surface area contributed by atoms with Gasteiger partial charge in [0.25, 0.3) is 11.8 Å². The van der Waals surface area contributed by atoms with Crippen LogP contribution in [0.3, 0.4) is 0 Å². The van der Waals surface area contributed by atoms with E-state index in [2.05, 4.69) is 40.0 Å². The van der Waals surface area contributed by atoms with Crippen LogP contribution in [-0.2, 0) is 13.0 Å². The quantitative estimate of drug-likeness (QED) is 0.520. The summed E-state index contributed by atoms with van der Waals surface area (Å²) >= 11 is 0. The number of fused-ring (bicyclic) bond motifs is 1. The van der Waals surface area contributed by atoms with E-state index in [-0.39, 0.29) is 0 Å². The third-order valence-electron chi connectivity index (χ3n) is 5.80. The predicted octanol–water partition coefficient (Wildman–Crippen LogP) is 4.12. The van der Waals surface area contributed by atoms with Crippen LogP contribution in [0.5, 0.6) is 11.5 Å². The lowest BCUT2D eigenvalue weighted by Crippen LogP contribution is -2.41. The summed E-state index contributed by atoms with van der Waals surface area (Å²) in [6.45, 7) is 4.35. The molecule has 0 unspecified atom stereocenters. The van der Waals surface area contributed by atoms with Gasteiger partial charge in [-0.05, 0) is 66.4 Å². The lowest BCUT2D eigenvalue weighted by molar-refractivity contribution is 0.0846. The lowest BCUT2D eigenvalue weighted by Gasteiger charge is -2.30. The highest BCUT2D eigenvalue weighted by atomic mass is 16.5. The first-order valence-corrected chi connectivity index (χ1v) is 11.4. The highest BCUT2D eigenvalue weighted by Crippen LogP contribution is 2.28. The minimum atomic E-state index is -0.447. The Hall–Kier alpha value is -4.00. The van der Waals surface area contributed by atoms with Gasteiger partial charge in [0.15, 0.2) is 11.5 Å². The van der Waals surface area contributed by atoms with Crippen molar-refractivity contribution in [2.24, 2.45) is 0 Å². The molecule has 0 atom stereocenters. The fraction of sp³-hybridized carbons (Fsp3) is 0.259. The van der Waals surface area contributed by atoms with E-state index in [9.17, 15) is 9.59 Å². The van der Waals surface area contributed by atoms with Gasteiger partial charge in [0.1, 0.15) is 0 Å². The summed E-state index contributed by atoms with van der Waals surface area (Å²) in [5, 5.41) is 0. The Morgan fingerprint density at radius 3 is 2.26 bits per heavy atom. The van der Waals surface area contributed by atoms with Crippen LogP contribution in [0.4, 0.5) is 5.69 Å². The normalized spacial score (nSPS) is 12.5. The molecule has 3 aromatic carbocycles. The van der Waals surface area contributed by atoms with E-state index in [1.165, 1.54) is 18.2 Å². The SMILES string of the molecule is CCCOc1ccc(C(=O)NNC(=O)c2ccc(N3CCc4ccccc4C3)cc2)cc1OC. The molecular formula is C27H29N3O4. The molecule has 0 radical (unpaired) electrons. The van der Waals surface area contributed by atoms with E-state index >= 15 is 0 Å². The summed E-state index contributed by atoms with van der Waals surface area (Å²) in [5.41, 5.74) is 9.53. The van der Waals surface area contributed by atoms with Gasteiger partial charge in [-0.25, -0.2) is 0 Å². The van der Waals surface area contributed by atoms with Gasteiger partial charge in [-0.15, -0.1) is 0 Å². The Kier molecular flexibility index (Phi) is 7.32. The maximum atomic E-state index is 12.5. The molecule has 3 aromatic rings. The van der Waals surface area contributed by atoms with Crippen LogP contribution in [0.2, 0.25) is 0 Å². The van der Waals surface area contributed by atoms with E-state index in [1.807, 2.05) is 19.1 Å². The van der Waals surface area contributed by atoms with Crippen molar-refractivity contribution in [1.29, 1.82) is 0 Å². The molecule has 34 heavy (non-hydrogen) atoms. The molecule has 0 bridgehead atoms. The minimum absolute atomic E-state index is 0.349. The molecule has 4 rings (SSSR count). The summed E-state index contributed by atoms with van der Waals surface area (Å²) in [5.74, 6) is 0.196. The van der Waals surface area contributed by atoms with E-state index in [4.69, 9.17) is 9.47 Å². The largest absolute Gasteiger partial charge is 0.493 e. The Morgan fingerprint density at radius 2 is 1.56 bits per heavy atom. The molecule has 2 amide bonds. The molecule has 7 heteroatoms. The van der Waals surface area contributed by atoms with E-state index < -0.39 is 11.8 Å². The molecule has 7 nitrogen and oxygen atoms in total. The van der Waals surface area contributed by atoms with Crippen molar-refractivity contribution >= 4 is 17.5 Å². The molecule has 0 aromatic heterocycles. The fourth-order valence-corrected chi connectivity index (χ4v) is 3.94. The average molecular weight is 460 g/mol. The second-order valence-electron chi connectivity index (χ2n) is 8.11. The number of rotatable bonds is 7. The van der Waals surface area contributed by atoms with Crippen LogP contribution < -0.4 is 25.2 Å². The second kappa shape index (κ2) is 10.7. The van der Waals surface area contributed by atoms with Gasteiger partial charge < -0.3 is 14.4 Å². The Balaban J connectivity index is 1.34. The lowest BCUT2D eigenvalue weighted by atomic mass is 9.99. The van der Waals surface area contributed by atoms with Gasteiger partial charge in [0.2, 0.25) is 0 Å². The van der Waals surface area contributed by atoms with Crippen molar-refractivity contribution in [1.82, 2.24) is 10.9 Å². The number of anilines is 1. The average Bonchev–Trinajstić information content (AvgIpc) is 2.90. The van der Waals surface area contributed by atoms with Crippen molar-refractivity contribution in [2.45, 2.75) is 26.3 Å². The van der Waals surface area contributed by atoms with Crippen LogP contribution in [0, 0.1) is 0 Å². The molecule has 0 saturated heterocycles. The van der Waals surface area contributed by atoms with Crippen molar-refractivity contribution in [2.75, 3.05) is 25.2 Å². The van der Waals surface area contributed by atoms with Gasteiger partial charge in [-0.1, -0.05) is 31.2 Å². The second-order valence-corrected chi connectivity index (χ2v) is 8.11. The number of nitrogens with zero attached hydrogens (tertiary/aromatic N) is 1. The monoisotopic (exact) mass is 459 g/mol. The minimum Gasteiger partial charge on any atom is -0.493 e. The number of ether oxygens (including phenoxy) is 2.